The van der Waals surface area contributed by atoms with Gasteiger partial charge in [0, 0.05) is 6.54 Å². The summed E-state index contributed by atoms with van der Waals surface area (Å²) < 4.78 is 5.21. The van der Waals surface area contributed by atoms with Crippen LogP contribution in [0.25, 0.3) is 0 Å². The first-order chi connectivity index (χ1) is 4.18. The zero-order valence-electron chi connectivity index (χ0n) is 4.65. The Hall–Kier alpha value is -0.0700. The van der Waals surface area contributed by atoms with Crippen molar-refractivity contribution >= 4 is 31.7 Å². The first-order valence-electron chi connectivity index (χ1n) is 2.23. The average molecular weight is 168 g/mol. The van der Waals surface area contributed by atoms with E-state index < -0.39 is 6.09 Å². The van der Waals surface area contributed by atoms with Crippen molar-refractivity contribution < 1.29 is 9.53 Å². The lowest BCUT2D eigenvalue weighted by atomic mass is 10.7. The molecule has 9 heavy (non-hydrogen) atoms. The molecular weight excluding hydrogens is 160 g/mol. The molecule has 0 rings (SSSR count). The monoisotopic (exact) mass is 168 g/mol. The predicted octanol–water partition coefficient (Wildman–Crippen LogP) is 0.0733. The second-order valence-corrected chi connectivity index (χ2v) is 2.31. The van der Waals surface area contributed by atoms with Crippen molar-refractivity contribution in [1.82, 2.24) is 3.71 Å². The van der Waals surface area contributed by atoms with Crippen LogP contribution in [0.2, 0.25) is 0 Å². The van der Waals surface area contributed by atoms with Gasteiger partial charge in [-0.05, 0) is 25.6 Å². The highest BCUT2D eigenvalue weighted by Gasteiger charge is 2.03. The molecule has 0 aromatic carbocycles. The number of nitrogens with zero attached hydrogens (tertiary/aromatic N) is 1. The van der Waals surface area contributed by atoms with Gasteiger partial charge in [-0.3, -0.25) is 0 Å². The minimum atomic E-state index is -0.618. The van der Waals surface area contributed by atoms with Crippen LogP contribution in [0.15, 0.2) is 0 Å². The Bertz CT molecular complexity index is 97.8. The summed E-state index contributed by atoms with van der Waals surface area (Å²) in [5.41, 5.74) is 5.03. The maximum absolute atomic E-state index is 10.4. The molecule has 0 bridgehead atoms. The Morgan fingerprint density at radius 1 is 1.67 bits per heavy atom. The highest BCUT2D eigenvalue weighted by molar-refractivity contribution is 7.94. The van der Waals surface area contributed by atoms with E-state index in [4.69, 9.17) is 5.73 Å². The van der Waals surface area contributed by atoms with E-state index in [1.54, 1.807) is 0 Å². The van der Waals surface area contributed by atoms with Crippen molar-refractivity contribution in [2.24, 2.45) is 5.73 Å². The zero-order valence-corrected chi connectivity index (χ0v) is 6.44. The lowest BCUT2D eigenvalue weighted by Crippen LogP contribution is -2.18. The van der Waals surface area contributed by atoms with E-state index in [0.29, 0.717) is 6.54 Å². The van der Waals surface area contributed by atoms with E-state index in [-0.39, 0.29) is 6.61 Å². The van der Waals surface area contributed by atoms with Crippen LogP contribution in [0, 0.1) is 0 Å². The normalized spacial score (nSPS) is 8.78. The second-order valence-electron chi connectivity index (χ2n) is 1.19. The number of amides is 1. The minimum Gasteiger partial charge on any atom is -0.447 e. The molecule has 0 aliphatic rings. The molecule has 0 heterocycles. The molecule has 0 spiro atoms. The molecule has 0 aromatic rings. The van der Waals surface area contributed by atoms with Crippen molar-refractivity contribution in [3.05, 3.63) is 0 Å². The van der Waals surface area contributed by atoms with Gasteiger partial charge >= 0.3 is 6.09 Å². The lowest BCUT2D eigenvalue weighted by molar-refractivity contribution is 0.146. The maximum Gasteiger partial charge on any atom is 0.429 e. The number of carbonyl (C=O) groups is 1. The number of hydrogen-bond donors (Lipinski definition) is 3. The Morgan fingerprint density at radius 3 is 2.56 bits per heavy atom. The van der Waals surface area contributed by atoms with Gasteiger partial charge in [-0.1, -0.05) is 0 Å². The van der Waals surface area contributed by atoms with E-state index in [0.717, 1.165) is 3.71 Å². The van der Waals surface area contributed by atoms with Gasteiger partial charge in [-0.2, -0.15) is 3.71 Å². The molecule has 0 unspecified atom stereocenters. The van der Waals surface area contributed by atoms with Gasteiger partial charge in [0.05, 0.1) is 0 Å². The molecule has 6 heteroatoms. The first-order valence-corrected chi connectivity index (χ1v) is 3.03. The number of nitrogens with two attached hydrogens (primary N) is 1. The molecule has 0 aromatic heterocycles. The van der Waals surface area contributed by atoms with Crippen molar-refractivity contribution in [2.45, 2.75) is 0 Å². The number of thiol groups is 2. The van der Waals surface area contributed by atoms with Gasteiger partial charge in [-0.25, -0.2) is 4.79 Å². The Morgan fingerprint density at radius 2 is 2.22 bits per heavy atom. The summed E-state index contributed by atoms with van der Waals surface area (Å²) in [5.74, 6) is 0. The van der Waals surface area contributed by atoms with Gasteiger partial charge in [-0.15, -0.1) is 0 Å². The summed E-state index contributed by atoms with van der Waals surface area (Å²) in [6.45, 7) is 0.498. The highest BCUT2D eigenvalue weighted by Crippen LogP contribution is 1.99. The maximum atomic E-state index is 10.4. The van der Waals surface area contributed by atoms with Gasteiger partial charge in [0.25, 0.3) is 0 Å². The first kappa shape index (κ1) is 8.93. The van der Waals surface area contributed by atoms with Crippen LogP contribution in [0.5, 0.6) is 0 Å². The molecule has 0 aliphatic carbocycles. The summed E-state index contributed by atoms with van der Waals surface area (Å²) in [6, 6.07) is 0. The molecule has 0 saturated carbocycles. The fourth-order valence-corrected chi connectivity index (χ4v) is 0.319. The highest BCUT2D eigenvalue weighted by atomic mass is 32.2. The standard InChI is InChI=1S/C3H8N2O2S2/c4-1-2-7-3(6)5(8)9/h8-9H,1-2,4H2. The summed E-state index contributed by atoms with van der Waals surface area (Å²) >= 11 is 7.10. The van der Waals surface area contributed by atoms with Crippen LogP contribution in [-0.2, 0) is 4.74 Å². The molecule has 0 fully saturated rings. The third kappa shape index (κ3) is 4.43. The van der Waals surface area contributed by atoms with Crippen LogP contribution >= 0.6 is 25.6 Å². The molecule has 0 atom stereocenters. The summed E-state index contributed by atoms with van der Waals surface area (Å²) in [6.07, 6.45) is -0.618. The van der Waals surface area contributed by atoms with Crippen LogP contribution in [0.1, 0.15) is 0 Å². The second kappa shape index (κ2) is 4.78. The van der Waals surface area contributed by atoms with Crippen LogP contribution < -0.4 is 5.73 Å². The molecule has 0 saturated heterocycles. The van der Waals surface area contributed by atoms with Gasteiger partial charge in [0.15, 0.2) is 0 Å². The number of carbonyl (C=O) groups excluding carboxylic acids is 1. The topological polar surface area (TPSA) is 55.6 Å². The number of hydrogen-bond acceptors (Lipinski definition) is 5. The molecule has 0 aliphatic heterocycles. The third-order valence-corrected chi connectivity index (χ3v) is 0.833. The number of ether oxygens (including phenoxy) is 1. The average Bonchev–Trinajstić information content (AvgIpc) is 1.82. The zero-order chi connectivity index (χ0) is 7.28. The van der Waals surface area contributed by atoms with Gasteiger partial charge in [0.1, 0.15) is 6.61 Å². The van der Waals surface area contributed by atoms with Gasteiger partial charge in [0.2, 0.25) is 0 Å². The van der Waals surface area contributed by atoms with Crippen molar-refractivity contribution in [3.8, 4) is 0 Å². The Kier molecular flexibility index (Phi) is 4.74. The van der Waals surface area contributed by atoms with E-state index in [2.05, 4.69) is 30.4 Å². The van der Waals surface area contributed by atoms with E-state index in [9.17, 15) is 4.79 Å². The Balaban J connectivity index is 3.28. The molecule has 54 valence electrons. The molecular formula is C3H8N2O2S2. The van der Waals surface area contributed by atoms with E-state index in [1.807, 2.05) is 0 Å². The molecule has 2 N–H and O–H groups in total. The van der Waals surface area contributed by atoms with Crippen molar-refractivity contribution in [1.29, 1.82) is 0 Å². The third-order valence-electron chi connectivity index (χ3n) is 0.507. The molecule has 4 nitrogen and oxygen atoms in total. The van der Waals surface area contributed by atoms with Crippen LogP contribution in [0.3, 0.4) is 0 Å². The SMILES string of the molecule is NCCOC(=O)N(S)S. The minimum absolute atomic E-state index is 0.191. The number of rotatable bonds is 2. The van der Waals surface area contributed by atoms with Crippen LogP contribution in [-0.4, -0.2) is 23.0 Å². The molecule has 1 amide bonds. The quantitative estimate of drug-likeness (QED) is 0.512. The fourth-order valence-electron chi connectivity index (χ4n) is 0.204. The van der Waals surface area contributed by atoms with E-state index >= 15 is 0 Å². The predicted molar refractivity (Wildman–Crippen MR) is 40.2 cm³/mol. The summed E-state index contributed by atoms with van der Waals surface area (Å²) in [4.78, 5) is 10.4. The van der Waals surface area contributed by atoms with Crippen molar-refractivity contribution in [3.63, 3.8) is 0 Å². The smallest absolute Gasteiger partial charge is 0.429 e. The lowest BCUT2D eigenvalue weighted by Gasteiger charge is -2.06. The van der Waals surface area contributed by atoms with Crippen LogP contribution in [0.4, 0.5) is 4.79 Å². The fraction of sp³-hybridized carbons (Fsp3) is 0.667. The van der Waals surface area contributed by atoms with Gasteiger partial charge < -0.3 is 10.5 Å². The molecule has 0 radical (unpaired) electrons. The largest absolute Gasteiger partial charge is 0.447 e. The summed E-state index contributed by atoms with van der Waals surface area (Å²) in [5, 5.41) is 0. The van der Waals surface area contributed by atoms with E-state index in [1.165, 1.54) is 0 Å². The summed E-state index contributed by atoms with van der Waals surface area (Å²) in [7, 11) is 0. The van der Waals surface area contributed by atoms with Crippen molar-refractivity contribution in [2.75, 3.05) is 13.2 Å². The Labute approximate surface area is 64.4 Å².